The van der Waals surface area contributed by atoms with Gasteiger partial charge in [0.15, 0.2) is 0 Å². The number of H-pyrrole nitrogens is 1. The predicted octanol–water partition coefficient (Wildman–Crippen LogP) is 4.17. The van der Waals surface area contributed by atoms with Crippen LogP contribution in [0.25, 0.3) is 0 Å². The minimum Gasteiger partial charge on any atom is -0.364 e. The number of aromatic amines is 1. The molecule has 2 aromatic heterocycles. The topological polar surface area (TPSA) is 61.0 Å². The van der Waals surface area contributed by atoms with E-state index in [1.54, 1.807) is 12.1 Å². The number of halogens is 1. The van der Waals surface area contributed by atoms with Crippen LogP contribution in [0.15, 0.2) is 54.7 Å². The van der Waals surface area contributed by atoms with E-state index < -0.39 is 0 Å². The van der Waals surface area contributed by atoms with E-state index in [-0.39, 0.29) is 17.6 Å². The van der Waals surface area contributed by atoms with E-state index in [4.69, 9.17) is 4.98 Å². The molecule has 0 spiro atoms. The van der Waals surface area contributed by atoms with Gasteiger partial charge in [0.05, 0.1) is 11.3 Å². The average Bonchev–Trinajstić information content (AvgIpc) is 3.27. The number of nitrogens with zero attached hydrogens (tertiary/aromatic N) is 2. The Labute approximate surface area is 176 Å². The Kier molecular flexibility index (Phi) is 6.23. The van der Waals surface area contributed by atoms with Gasteiger partial charge in [-0.05, 0) is 74.8 Å². The lowest BCUT2D eigenvalue weighted by Crippen LogP contribution is -2.34. The lowest BCUT2D eigenvalue weighted by molar-refractivity contribution is 0.0948. The summed E-state index contributed by atoms with van der Waals surface area (Å²) in [5.41, 5.74) is 4.55. The van der Waals surface area contributed by atoms with Gasteiger partial charge < -0.3 is 10.3 Å². The van der Waals surface area contributed by atoms with Crippen LogP contribution in [-0.4, -0.2) is 33.9 Å². The quantitative estimate of drug-likeness (QED) is 0.646. The van der Waals surface area contributed by atoms with Gasteiger partial charge in [0.1, 0.15) is 5.82 Å². The van der Waals surface area contributed by atoms with E-state index in [1.807, 2.05) is 31.3 Å². The normalized spacial score (nSPS) is 15.3. The van der Waals surface area contributed by atoms with Gasteiger partial charge in [0, 0.05) is 36.6 Å². The summed E-state index contributed by atoms with van der Waals surface area (Å²) in [6.07, 6.45) is 3.92. The van der Waals surface area contributed by atoms with Gasteiger partial charge in [-0.3, -0.25) is 14.7 Å². The number of piperidine rings is 1. The van der Waals surface area contributed by atoms with Crippen molar-refractivity contribution in [2.24, 2.45) is 0 Å². The maximum atomic E-state index is 13.1. The molecule has 0 radical (unpaired) electrons. The molecule has 0 bridgehead atoms. The highest BCUT2D eigenvalue weighted by Crippen LogP contribution is 2.30. The molecule has 0 aliphatic carbocycles. The first kappa shape index (κ1) is 20.3. The minimum absolute atomic E-state index is 0.129. The van der Waals surface area contributed by atoms with Gasteiger partial charge in [-0.1, -0.05) is 12.1 Å². The molecular weight excluding hydrogens is 379 g/mol. The number of nitrogens with one attached hydrogen (secondary N) is 2. The molecule has 1 aromatic carbocycles. The van der Waals surface area contributed by atoms with Crippen LogP contribution in [0.5, 0.6) is 0 Å². The van der Waals surface area contributed by atoms with Gasteiger partial charge in [-0.15, -0.1) is 0 Å². The SMILES string of the molecule is Cc1ccc(C(=O)NCc2ccc(F)cc2)c(C2CCN(Cc3ccc[nH]3)CC2)n1. The van der Waals surface area contributed by atoms with E-state index in [2.05, 4.69) is 21.3 Å². The molecule has 0 unspecified atom stereocenters. The number of pyridine rings is 1. The Morgan fingerprint density at radius 3 is 2.63 bits per heavy atom. The summed E-state index contributed by atoms with van der Waals surface area (Å²) in [5.74, 6) is -0.135. The van der Waals surface area contributed by atoms with Gasteiger partial charge in [-0.25, -0.2) is 4.39 Å². The molecule has 3 heterocycles. The fourth-order valence-corrected chi connectivity index (χ4v) is 4.03. The van der Waals surface area contributed by atoms with Crippen LogP contribution >= 0.6 is 0 Å². The number of hydrogen-bond donors (Lipinski definition) is 2. The van der Waals surface area contributed by atoms with Gasteiger partial charge in [0.2, 0.25) is 0 Å². The summed E-state index contributed by atoms with van der Waals surface area (Å²) in [5, 5.41) is 2.96. The van der Waals surface area contributed by atoms with Gasteiger partial charge >= 0.3 is 0 Å². The van der Waals surface area contributed by atoms with Crippen LogP contribution in [0.2, 0.25) is 0 Å². The van der Waals surface area contributed by atoms with Crippen molar-refractivity contribution >= 4 is 5.91 Å². The number of hydrogen-bond acceptors (Lipinski definition) is 3. The zero-order chi connectivity index (χ0) is 20.9. The number of carbonyl (C=O) groups is 1. The van der Waals surface area contributed by atoms with Crippen molar-refractivity contribution in [3.63, 3.8) is 0 Å². The van der Waals surface area contributed by atoms with Crippen molar-refractivity contribution < 1.29 is 9.18 Å². The standard InChI is InChI=1S/C24H27FN4O/c1-17-4-9-22(24(30)27-15-18-5-7-20(25)8-6-18)23(28-17)19-10-13-29(14-11-19)16-21-3-2-12-26-21/h2-9,12,19,26H,10-11,13-16H2,1H3,(H,27,30). The van der Waals surface area contributed by atoms with E-state index in [9.17, 15) is 9.18 Å². The summed E-state index contributed by atoms with van der Waals surface area (Å²) in [6, 6.07) is 14.1. The molecule has 4 rings (SSSR count). The highest BCUT2D eigenvalue weighted by atomic mass is 19.1. The van der Waals surface area contributed by atoms with E-state index in [0.717, 1.165) is 49.4 Å². The van der Waals surface area contributed by atoms with Gasteiger partial charge in [0.25, 0.3) is 5.91 Å². The molecule has 1 aliphatic rings. The van der Waals surface area contributed by atoms with Crippen LogP contribution in [0, 0.1) is 12.7 Å². The van der Waals surface area contributed by atoms with Crippen LogP contribution in [-0.2, 0) is 13.1 Å². The van der Waals surface area contributed by atoms with Crippen molar-refractivity contribution in [2.45, 2.75) is 38.8 Å². The van der Waals surface area contributed by atoms with Crippen molar-refractivity contribution in [1.29, 1.82) is 0 Å². The van der Waals surface area contributed by atoms with Crippen molar-refractivity contribution in [3.8, 4) is 0 Å². The number of amides is 1. The minimum atomic E-state index is -0.280. The Bertz CT molecular complexity index is 977. The first-order valence-corrected chi connectivity index (χ1v) is 10.4. The third-order valence-corrected chi connectivity index (χ3v) is 5.71. The molecule has 3 aromatic rings. The zero-order valence-electron chi connectivity index (χ0n) is 17.2. The Morgan fingerprint density at radius 1 is 1.17 bits per heavy atom. The van der Waals surface area contributed by atoms with Crippen molar-refractivity contribution in [3.05, 3.63) is 88.8 Å². The zero-order valence-corrected chi connectivity index (χ0v) is 17.2. The third-order valence-electron chi connectivity index (χ3n) is 5.71. The summed E-state index contributed by atoms with van der Waals surface area (Å²) >= 11 is 0. The number of carbonyl (C=O) groups excluding carboxylic acids is 1. The highest BCUT2D eigenvalue weighted by molar-refractivity contribution is 5.95. The van der Waals surface area contributed by atoms with Crippen molar-refractivity contribution in [1.82, 2.24) is 20.2 Å². The molecule has 30 heavy (non-hydrogen) atoms. The molecule has 1 saturated heterocycles. The molecule has 5 nitrogen and oxygen atoms in total. The average molecular weight is 407 g/mol. The molecular formula is C24H27FN4O. The molecule has 1 aliphatic heterocycles. The molecule has 1 fully saturated rings. The number of benzene rings is 1. The van der Waals surface area contributed by atoms with E-state index in [0.29, 0.717) is 12.1 Å². The Morgan fingerprint density at radius 2 is 1.93 bits per heavy atom. The fourth-order valence-electron chi connectivity index (χ4n) is 4.03. The number of rotatable bonds is 6. The predicted molar refractivity (Wildman–Crippen MR) is 115 cm³/mol. The van der Waals surface area contributed by atoms with Crippen LogP contribution in [0.4, 0.5) is 4.39 Å². The van der Waals surface area contributed by atoms with Crippen LogP contribution < -0.4 is 5.32 Å². The molecule has 0 saturated carbocycles. The maximum Gasteiger partial charge on any atom is 0.253 e. The highest BCUT2D eigenvalue weighted by Gasteiger charge is 2.26. The molecule has 0 atom stereocenters. The third kappa shape index (κ3) is 4.94. The molecule has 6 heteroatoms. The largest absolute Gasteiger partial charge is 0.364 e. The maximum absolute atomic E-state index is 13.1. The van der Waals surface area contributed by atoms with Crippen LogP contribution in [0.1, 0.15) is 51.8 Å². The van der Waals surface area contributed by atoms with E-state index in [1.165, 1.54) is 17.8 Å². The van der Waals surface area contributed by atoms with E-state index >= 15 is 0 Å². The lowest BCUT2D eigenvalue weighted by Gasteiger charge is -2.32. The summed E-state index contributed by atoms with van der Waals surface area (Å²) in [4.78, 5) is 23.3. The molecule has 1 amide bonds. The summed E-state index contributed by atoms with van der Waals surface area (Å²) in [6.45, 7) is 5.21. The first-order chi connectivity index (χ1) is 14.6. The smallest absolute Gasteiger partial charge is 0.253 e. The second-order valence-electron chi connectivity index (χ2n) is 7.94. The number of aryl methyl sites for hydroxylation is 1. The summed E-state index contributed by atoms with van der Waals surface area (Å²) < 4.78 is 13.1. The van der Waals surface area contributed by atoms with Crippen LogP contribution in [0.3, 0.4) is 0 Å². The Balaban J connectivity index is 1.41. The summed E-state index contributed by atoms with van der Waals surface area (Å²) in [7, 11) is 0. The number of aromatic nitrogens is 2. The first-order valence-electron chi connectivity index (χ1n) is 10.4. The monoisotopic (exact) mass is 406 g/mol. The molecule has 2 N–H and O–H groups in total. The molecule has 156 valence electrons. The van der Waals surface area contributed by atoms with Crippen molar-refractivity contribution in [2.75, 3.05) is 13.1 Å². The Hall–Kier alpha value is -2.99. The number of likely N-dealkylation sites (tertiary alicyclic amines) is 1. The fraction of sp³-hybridized carbons (Fsp3) is 0.333. The van der Waals surface area contributed by atoms with Gasteiger partial charge in [-0.2, -0.15) is 0 Å². The second-order valence-corrected chi connectivity index (χ2v) is 7.94. The lowest BCUT2D eigenvalue weighted by atomic mass is 9.89. The second kappa shape index (κ2) is 9.22.